The molecular formula is C20H25ClN2O3. The Labute approximate surface area is 159 Å². The molecule has 1 aromatic carbocycles. The Balaban J connectivity index is 1.32. The van der Waals surface area contributed by atoms with Crippen LogP contribution in [-0.4, -0.2) is 43.1 Å². The van der Waals surface area contributed by atoms with Crippen molar-refractivity contribution in [3.8, 4) is 5.75 Å². The van der Waals surface area contributed by atoms with Crippen molar-refractivity contribution in [1.82, 2.24) is 10.2 Å². The van der Waals surface area contributed by atoms with Gasteiger partial charge in [0.25, 0.3) is 5.91 Å². The molecule has 140 valence electrons. The van der Waals surface area contributed by atoms with Gasteiger partial charge in [0.15, 0.2) is 0 Å². The smallest absolute Gasteiger partial charge is 0.255 e. The lowest BCUT2D eigenvalue weighted by atomic mass is 10.0. The van der Waals surface area contributed by atoms with E-state index in [1.807, 2.05) is 31.2 Å². The monoisotopic (exact) mass is 376 g/mol. The van der Waals surface area contributed by atoms with Crippen LogP contribution in [0.4, 0.5) is 0 Å². The molecule has 1 saturated heterocycles. The van der Waals surface area contributed by atoms with E-state index in [0.717, 1.165) is 44.6 Å². The summed E-state index contributed by atoms with van der Waals surface area (Å²) in [6, 6.07) is 9.43. The Kier molecular flexibility index (Phi) is 6.58. The van der Waals surface area contributed by atoms with Crippen LogP contribution in [0.15, 0.2) is 41.0 Å². The first-order valence-corrected chi connectivity index (χ1v) is 9.45. The van der Waals surface area contributed by atoms with Crippen LogP contribution in [0.2, 0.25) is 5.02 Å². The number of aryl methyl sites for hydroxylation is 1. The summed E-state index contributed by atoms with van der Waals surface area (Å²) < 4.78 is 10.9. The highest BCUT2D eigenvalue weighted by atomic mass is 35.5. The normalized spacial score (nSPS) is 15.8. The molecule has 2 heterocycles. The average Bonchev–Trinajstić information content (AvgIpc) is 3.06. The lowest BCUT2D eigenvalue weighted by Gasteiger charge is -2.32. The van der Waals surface area contributed by atoms with E-state index in [-0.39, 0.29) is 11.9 Å². The van der Waals surface area contributed by atoms with Crippen LogP contribution in [0.25, 0.3) is 0 Å². The van der Waals surface area contributed by atoms with E-state index in [9.17, 15) is 4.79 Å². The molecule has 0 saturated carbocycles. The number of ether oxygens (including phenoxy) is 1. The quantitative estimate of drug-likeness (QED) is 0.744. The first kappa shape index (κ1) is 18.8. The Morgan fingerprint density at radius 2 is 2.15 bits per heavy atom. The number of benzene rings is 1. The van der Waals surface area contributed by atoms with Gasteiger partial charge in [-0.3, -0.25) is 4.79 Å². The number of carbonyl (C=O) groups excluding carboxylic acids is 1. The molecule has 0 atom stereocenters. The van der Waals surface area contributed by atoms with E-state index in [4.69, 9.17) is 20.8 Å². The second kappa shape index (κ2) is 9.10. The Morgan fingerprint density at radius 3 is 2.85 bits per heavy atom. The minimum atomic E-state index is -0.0374. The van der Waals surface area contributed by atoms with E-state index >= 15 is 0 Å². The molecule has 0 aliphatic carbocycles. The number of rotatable bonds is 7. The van der Waals surface area contributed by atoms with E-state index in [0.29, 0.717) is 23.0 Å². The molecule has 1 fully saturated rings. The molecule has 0 unspecified atom stereocenters. The molecule has 1 N–H and O–H groups in total. The van der Waals surface area contributed by atoms with Crippen LogP contribution in [0, 0.1) is 6.92 Å². The summed E-state index contributed by atoms with van der Waals surface area (Å²) in [5.41, 5.74) is 0.630. The molecule has 6 heteroatoms. The number of furan rings is 1. The topological polar surface area (TPSA) is 54.7 Å². The fourth-order valence-electron chi connectivity index (χ4n) is 3.22. The summed E-state index contributed by atoms with van der Waals surface area (Å²) in [7, 11) is 0. The average molecular weight is 377 g/mol. The molecule has 3 rings (SSSR count). The van der Waals surface area contributed by atoms with Crippen molar-refractivity contribution < 1.29 is 13.9 Å². The number of nitrogens with zero attached hydrogens (tertiary/aromatic N) is 1. The van der Waals surface area contributed by atoms with Crippen LogP contribution in [0.1, 0.15) is 35.4 Å². The second-order valence-corrected chi connectivity index (χ2v) is 7.08. The molecule has 0 spiro atoms. The van der Waals surface area contributed by atoms with Gasteiger partial charge in [-0.15, -0.1) is 0 Å². The minimum absolute atomic E-state index is 0.0374. The Morgan fingerprint density at radius 1 is 1.35 bits per heavy atom. The van der Waals surface area contributed by atoms with Gasteiger partial charge in [0.1, 0.15) is 11.5 Å². The van der Waals surface area contributed by atoms with Crippen LogP contribution in [0.3, 0.4) is 0 Å². The fraction of sp³-hybridized carbons (Fsp3) is 0.450. The van der Waals surface area contributed by atoms with Crippen LogP contribution in [-0.2, 0) is 0 Å². The molecule has 1 amide bonds. The van der Waals surface area contributed by atoms with Gasteiger partial charge >= 0.3 is 0 Å². The van der Waals surface area contributed by atoms with Gasteiger partial charge in [-0.1, -0.05) is 17.7 Å². The van der Waals surface area contributed by atoms with E-state index in [2.05, 4.69) is 10.2 Å². The van der Waals surface area contributed by atoms with Crippen molar-refractivity contribution in [2.45, 2.75) is 32.2 Å². The number of carbonyl (C=O) groups is 1. The molecule has 26 heavy (non-hydrogen) atoms. The Bertz CT molecular complexity index is 723. The number of nitrogens with one attached hydrogen (secondary N) is 1. The minimum Gasteiger partial charge on any atom is -0.493 e. The van der Waals surface area contributed by atoms with Crippen LogP contribution < -0.4 is 10.1 Å². The van der Waals surface area contributed by atoms with Crippen molar-refractivity contribution in [1.29, 1.82) is 0 Å². The van der Waals surface area contributed by atoms with Crippen LogP contribution >= 0.6 is 11.6 Å². The van der Waals surface area contributed by atoms with Gasteiger partial charge in [0, 0.05) is 30.7 Å². The maximum Gasteiger partial charge on any atom is 0.255 e. The molecule has 1 aliphatic heterocycles. The highest BCUT2D eigenvalue weighted by Crippen LogP contribution is 2.18. The third-order valence-electron chi connectivity index (χ3n) is 4.71. The summed E-state index contributed by atoms with van der Waals surface area (Å²) in [6.45, 7) is 5.47. The molecule has 1 aromatic heterocycles. The zero-order chi connectivity index (χ0) is 18.4. The molecule has 5 nitrogen and oxygen atoms in total. The van der Waals surface area contributed by atoms with Crippen molar-refractivity contribution in [3.63, 3.8) is 0 Å². The number of amides is 1. The van der Waals surface area contributed by atoms with Gasteiger partial charge in [-0.25, -0.2) is 0 Å². The van der Waals surface area contributed by atoms with Gasteiger partial charge in [-0.05, 0) is 50.5 Å². The highest BCUT2D eigenvalue weighted by Gasteiger charge is 2.22. The maximum atomic E-state index is 12.2. The summed E-state index contributed by atoms with van der Waals surface area (Å²) in [5, 5.41) is 3.81. The lowest BCUT2D eigenvalue weighted by molar-refractivity contribution is 0.0908. The van der Waals surface area contributed by atoms with Gasteiger partial charge in [0.05, 0.1) is 18.4 Å². The summed E-state index contributed by atoms with van der Waals surface area (Å²) in [5.74, 6) is 1.44. The number of piperidine rings is 1. The van der Waals surface area contributed by atoms with Gasteiger partial charge in [0.2, 0.25) is 0 Å². The summed E-state index contributed by atoms with van der Waals surface area (Å²) in [6.07, 6.45) is 4.46. The zero-order valence-corrected chi connectivity index (χ0v) is 15.8. The van der Waals surface area contributed by atoms with E-state index < -0.39 is 0 Å². The third-order valence-corrected chi connectivity index (χ3v) is 4.94. The molecule has 0 bridgehead atoms. The number of halogens is 1. The maximum absolute atomic E-state index is 12.2. The summed E-state index contributed by atoms with van der Waals surface area (Å²) in [4.78, 5) is 14.7. The standard InChI is InChI=1S/C20H25ClN2O3/c1-15-19(8-13-25-15)20(24)22-17-6-10-23(11-7-17)9-3-12-26-18-5-2-4-16(21)14-18/h2,4-5,8,13-14,17H,3,6-7,9-12H2,1H3,(H,22,24). The van der Waals surface area contributed by atoms with E-state index in [1.165, 1.54) is 0 Å². The first-order chi connectivity index (χ1) is 12.6. The predicted octanol–water partition coefficient (Wildman–Crippen LogP) is 3.90. The lowest BCUT2D eigenvalue weighted by Crippen LogP contribution is -2.45. The predicted molar refractivity (Wildman–Crippen MR) is 102 cm³/mol. The first-order valence-electron chi connectivity index (χ1n) is 9.07. The highest BCUT2D eigenvalue weighted by molar-refractivity contribution is 6.30. The molecule has 1 aliphatic rings. The second-order valence-electron chi connectivity index (χ2n) is 6.64. The summed E-state index contributed by atoms with van der Waals surface area (Å²) >= 11 is 5.95. The van der Waals surface area contributed by atoms with Gasteiger partial charge < -0.3 is 19.4 Å². The number of hydrogen-bond acceptors (Lipinski definition) is 4. The van der Waals surface area contributed by atoms with Crippen molar-refractivity contribution in [3.05, 3.63) is 52.9 Å². The largest absolute Gasteiger partial charge is 0.493 e. The van der Waals surface area contributed by atoms with Crippen LogP contribution in [0.5, 0.6) is 5.75 Å². The number of likely N-dealkylation sites (tertiary alicyclic amines) is 1. The fourth-order valence-corrected chi connectivity index (χ4v) is 3.40. The zero-order valence-electron chi connectivity index (χ0n) is 15.0. The van der Waals surface area contributed by atoms with Gasteiger partial charge in [-0.2, -0.15) is 0 Å². The Hall–Kier alpha value is -1.98. The molecular weight excluding hydrogens is 352 g/mol. The van der Waals surface area contributed by atoms with Crippen molar-refractivity contribution >= 4 is 17.5 Å². The SMILES string of the molecule is Cc1occc1C(=O)NC1CCN(CCCOc2cccc(Cl)c2)CC1. The van der Waals surface area contributed by atoms with E-state index in [1.54, 1.807) is 12.3 Å². The molecule has 2 aromatic rings. The molecule has 0 radical (unpaired) electrons. The van der Waals surface area contributed by atoms with Crippen molar-refractivity contribution in [2.75, 3.05) is 26.2 Å². The number of hydrogen-bond donors (Lipinski definition) is 1. The third kappa shape index (κ3) is 5.26. The van der Waals surface area contributed by atoms with Crippen molar-refractivity contribution in [2.24, 2.45) is 0 Å².